The summed E-state index contributed by atoms with van der Waals surface area (Å²) in [5.41, 5.74) is 0. The van der Waals surface area contributed by atoms with Gasteiger partial charge < -0.3 is 9.64 Å². The molecule has 0 atom stereocenters. The van der Waals surface area contributed by atoms with Gasteiger partial charge in [0.25, 0.3) is 0 Å². The molecular formula is C13H15ClN4O2. The Balaban J connectivity index is 1.74. The molecule has 0 fully saturated rings. The summed E-state index contributed by atoms with van der Waals surface area (Å²) in [7, 11) is 1.71. The Hall–Kier alpha value is -2.08. The highest BCUT2D eigenvalue weighted by molar-refractivity contribution is 6.30. The summed E-state index contributed by atoms with van der Waals surface area (Å²) in [6.07, 6.45) is 1.70. The third-order valence-corrected chi connectivity index (χ3v) is 2.89. The van der Waals surface area contributed by atoms with Gasteiger partial charge in [-0.2, -0.15) is 5.10 Å². The van der Waals surface area contributed by atoms with Gasteiger partial charge >= 0.3 is 0 Å². The summed E-state index contributed by atoms with van der Waals surface area (Å²) in [5, 5.41) is 7.05. The van der Waals surface area contributed by atoms with E-state index in [1.807, 2.05) is 0 Å². The first-order chi connectivity index (χ1) is 9.65. The molecule has 0 saturated carbocycles. The molecule has 2 rings (SSSR count). The van der Waals surface area contributed by atoms with E-state index in [0.717, 1.165) is 0 Å². The molecular weight excluding hydrogens is 280 g/mol. The molecule has 7 heteroatoms. The van der Waals surface area contributed by atoms with Crippen LogP contribution in [0, 0.1) is 0 Å². The van der Waals surface area contributed by atoms with Crippen LogP contribution in [-0.2, 0) is 11.3 Å². The molecule has 0 unspecified atom stereocenters. The highest BCUT2D eigenvalue weighted by Crippen LogP contribution is 2.17. The number of amides is 1. The van der Waals surface area contributed by atoms with E-state index in [2.05, 4.69) is 15.2 Å². The van der Waals surface area contributed by atoms with Crippen molar-refractivity contribution in [3.05, 3.63) is 41.4 Å². The van der Waals surface area contributed by atoms with Crippen LogP contribution in [-0.4, -0.2) is 39.6 Å². The molecule has 0 bridgehead atoms. The Morgan fingerprint density at radius 2 is 2.35 bits per heavy atom. The van der Waals surface area contributed by atoms with Crippen molar-refractivity contribution in [2.75, 3.05) is 13.7 Å². The molecule has 0 saturated heterocycles. The summed E-state index contributed by atoms with van der Waals surface area (Å²) in [6.45, 7) is 0.704. The lowest BCUT2D eigenvalue weighted by atomic mass is 10.3. The number of ether oxygens (including phenoxy) is 1. The van der Waals surface area contributed by atoms with Crippen LogP contribution in [0.3, 0.4) is 0 Å². The average molecular weight is 295 g/mol. The van der Waals surface area contributed by atoms with Gasteiger partial charge in [0.2, 0.25) is 5.91 Å². The van der Waals surface area contributed by atoms with Crippen LogP contribution in [0.25, 0.3) is 0 Å². The van der Waals surface area contributed by atoms with Crippen LogP contribution in [0.15, 0.2) is 30.6 Å². The van der Waals surface area contributed by atoms with E-state index in [9.17, 15) is 4.79 Å². The molecule has 0 aliphatic rings. The molecule has 0 aliphatic carbocycles. The van der Waals surface area contributed by atoms with Crippen molar-refractivity contribution in [3.8, 4) is 5.75 Å². The van der Waals surface area contributed by atoms with Gasteiger partial charge in [-0.05, 0) is 18.2 Å². The Bertz CT molecular complexity index is 559. The van der Waals surface area contributed by atoms with Gasteiger partial charge in [0.1, 0.15) is 17.9 Å². The van der Waals surface area contributed by atoms with E-state index in [-0.39, 0.29) is 12.3 Å². The van der Waals surface area contributed by atoms with Gasteiger partial charge in [-0.1, -0.05) is 17.7 Å². The van der Waals surface area contributed by atoms with Crippen molar-refractivity contribution in [1.29, 1.82) is 0 Å². The van der Waals surface area contributed by atoms with Crippen molar-refractivity contribution in [3.63, 3.8) is 0 Å². The number of hydrogen-bond donors (Lipinski definition) is 1. The summed E-state index contributed by atoms with van der Waals surface area (Å²) in [4.78, 5) is 17.4. The SMILES string of the molecule is CN(Cc1ncn[nH]1)C(=O)CCOc1cccc(Cl)c1. The first-order valence-electron chi connectivity index (χ1n) is 6.12. The lowest BCUT2D eigenvalue weighted by molar-refractivity contribution is -0.131. The Morgan fingerprint density at radius 1 is 1.50 bits per heavy atom. The molecule has 1 heterocycles. The number of carbonyl (C=O) groups is 1. The fraction of sp³-hybridized carbons (Fsp3) is 0.308. The molecule has 1 aromatic carbocycles. The van der Waals surface area contributed by atoms with Gasteiger partial charge in [-0.25, -0.2) is 4.98 Å². The number of carbonyl (C=O) groups excluding carboxylic acids is 1. The largest absolute Gasteiger partial charge is 0.493 e. The quantitative estimate of drug-likeness (QED) is 0.883. The molecule has 106 valence electrons. The highest BCUT2D eigenvalue weighted by atomic mass is 35.5. The smallest absolute Gasteiger partial charge is 0.226 e. The summed E-state index contributed by atoms with van der Waals surface area (Å²) >= 11 is 5.84. The van der Waals surface area contributed by atoms with Crippen molar-refractivity contribution < 1.29 is 9.53 Å². The summed E-state index contributed by atoms with van der Waals surface area (Å²) < 4.78 is 5.48. The fourth-order valence-electron chi connectivity index (χ4n) is 1.62. The monoisotopic (exact) mass is 294 g/mol. The van der Waals surface area contributed by atoms with E-state index in [1.54, 1.807) is 36.2 Å². The van der Waals surface area contributed by atoms with Crippen LogP contribution in [0.4, 0.5) is 0 Å². The number of rotatable bonds is 6. The lowest BCUT2D eigenvalue weighted by Crippen LogP contribution is -2.28. The van der Waals surface area contributed by atoms with E-state index in [4.69, 9.17) is 16.3 Å². The normalized spacial score (nSPS) is 10.3. The molecule has 2 aromatic rings. The maximum absolute atomic E-state index is 11.9. The van der Waals surface area contributed by atoms with Gasteiger partial charge in [0, 0.05) is 12.1 Å². The fourth-order valence-corrected chi connectivity index (χ4v) is 1.80. The van der Waals surface area contributed by atoms with Gasteiger partial charge in [0.15, 0.2) is 0 Å². The standard InChI is InChI=1S/C13H15ClN4O2/c1-18(8-12-15-9-16-17-12)13(19)5-6-20-11-4-2-3-10(14)7-11/h2-4,7,9H,5-6,8H2,1H3,(H,15,16,17). The second kappa shape index (κ2) is 6.91. The van der Waals surface area contributed by atoms with E-state index >= 15 is 0 Å². The third-order valence-electron chi connectivity index (χ3n) is 2.66. The van der Waals surface area contributed by atoms with Crippen LogP contribution in [0.2, 0.25) is 5.02 Å². The predicted octanol–water partition coefficient (Wildman–Crippen LogP) is 1.89. The second-order valence-corrected chi connectivity index (χ2v) is 4.67. The zero-order valence-electron chi connectivity index (χ0n) is 11.0. The van der Waals surface area contributed by atoms with Gasteiger partial charge in [-0.15, -0.1) is 0 Å². The lowest BCUT2D eigenvalue weighted by Gasteiger charge is -2.15. The van der Waals surface area contributed by atoms with Crippen molar-refractivity contribution in [1.82, 2.24) is 20.1 Å². The van der Waals surface area contributed by atoms with Crippen LogP contribution in [0.5, 0.6) is 5.75 Å². The summed E-state index contributed by atoms with van der Waals surface area (Å²) in [5.74, 6) is 1.28. The minimum Gasteiger partial charge on any atom is -0.493 e. The molecule has 1 amide bonds. The third kappa shape index (κ3) is 4.24. The maximum Gasteiger partial charge on any atom is 0.226 e. The minimum absolute atomic E-state index is 0.0246. The molecule has 20 heavy (non-hydrogen) atoms. The number of nitrogens with one attached hydrogen (secondary N) is 1. The predicted molar refractivity (Wildman–Crippen MR) is 74.4 cm³/mol. The van der Waals surface area contributed by atoms with E-state index < -0.39 is 0 Å². The van der Waals surface area contributed by atoms with Crippen molar-refractivity contribution in [2.45, 2.75) is 13.0 Å². The average Bonchev–Trinajstić information content (AvgIpc) is 2.91. The number of aromatic nitrogens is 3. The summed E-state index contributed by atoms with van der Waals surface area (Å²) in [6, 6.07) is 7.08. The van der Waals surface area contributed by atoms with E-state index in [1.165, 1.54) is 6.33 Å². The number of hydrogen-bond acceptors (Lipinski definition) is 4. The van der Waals surface area contributed by atoms with Crippen molar-refractivity contribution >= 4 is 17.5 Å². The molecule has 0 radical (unpaired) electrons. The van der Waals surface area contributed by atoms with Crippen LogP contribution < -0.4 is 4.74 Å². The zero-order valence-corrected chi connectivity index (χ0v) is 11.8. The van der Waals surface area contributed by atoms with Gasteiger partial charge in [0.05, 0.1) is 19.6 Å². The number of benzene rings is 1. The Kier molecular flexibility index (Phi) is 4.95. The molecule has 1 aromatic heterocycles. The Labute approximate surface area is 121 Å². The van der Waals surface area contributed by atoms with Crippen LogP contribution >= 0.6 is 11.6 Å². The molecule has 1 N–H and O–H groups in total. The molecule has 6 nitrogen and oxygen atoms in total. The zero-order chi connectivity index (χ0) is 14.4. The minimum atomic E-state index is -0.0246. The van der Waals surface area contributed by atoms with Crippen molar-refractivity contribution in [2.24, 2.45) is 0 Å². The number of aromatic amines is 1. The topological polar surface area (TPSA) is 71.1 Å². The first-order valence-corrected chi connectivity index (χ1v) is 6.49. The second-order valence-electron chi connectivity index (χ2n) is 4.24. The highest BCUT2D eigenvalue weighted by Gasteiger charge is 2.10. The number of halogens is 1. The van der Waals surface area contributed by atoms with Crippen LogP contribution in [0.1, 0.15) is 12.2 Å². The van der Waals surface area contributed by atoms with E-state index in [0.29, 0.717) is 29.7 Å². The number of nitrogens with zero attached hydrogens (tertiary/aromatic N) is 3. The number of H-pyrrole nitrogens is 1. The molecule has 0 aliphatic heterocycles. The molecule has 0 spiro atoms. The maximum atomic E-state index is 11.9. The first kappa shape index (κ1) is 14.3. The Morgan fingerprint density at radius 3 is 3.05 bits per heavy atom. The van der Waals surface area contributed by atoms with Gasteiger partial charge in [-0.3, -0.25) is 9.89 Å².